The van der Waals surface area contributed by atoms with E-state index in [0.717, 1.165) is 18.2 Å². The molecule has 0 fully saturated rings. The van der Waals surface area contributed by atoms with E-state index in [2.05, 4.69) is 0 Å². The Morgan fingerprint density at radius 3 is 2.45 bits per heavy atom. The molecule has 104 valence electrons. The molecule has 1 N–H and O–H groups in total. The average Bonchev–Trinajstić information content (AvgIpc) is 2.39. The number of halogens is 1. The first-order valence-electron chi connectivity index (χ1n) is 5.87. The van der Waals surface area contributed by atoms with Gasteiger partial charge >= 0.3 is 5.69 Å². The number of benzene rings is 2. The lowest BCUT2D eigenvalue weighted by atomic mass is 10.1. The summed E-state index contributed by atoms with van der Waals surface area (Å²) in [4.78, 5) is 10.2. The number of aliphatic hydroxyl groups is 1. The van der Waals surface area contributed by atoms with Crippen molar-refractivity contribution in [3.05, 3.63) is 64.0 Å². The van der Waals surface area contributed by atoms with Crippen LogP contribution in [0.2, 0.25) is 0 Å². The van der Waals surface area contributed by atoms with E-state index in [-0.39, 0.29) is 11.4 Å². The van der Waals surface area contributed by atoms with Gasteiger partial charge in [0.1, 0.15) is 11.6 Å². The van der Waals surface area contributed by atoms with Gasteiger partial charge < -0.3 is 9.84 Å². The molecule has 2 aromatic rings. The monoisotopic (exact) mass is 277 g/mol. The van der Waals surface area contributed by atoms with Crippen molar-refractivity contribution in [3.63, 3.8) is 0 Å². The SMILES string of the molecule is CC(O)c1ccc(Oc2cc(F)ccc2[N+](=O)[O-])cc1. The zero-order chi connectivity index (χ0) is 14.7. The molecule has 0 saturated carbocycles. The minimum absolute atomic E-state index is 0.167. The van der Waals surface area contributed by atoms with Crippen LogP contribution in [-0.2, 0) is 0 Å². The second-order valence-corrected chi connectivity index (χ2v) is 4.22. The highest BCUT2D eigenvalue weighted by Crippen LogP contribution is 2.32. The Bertz CT molecular complexity index is 626. The van der Waals surface area contributed by atoms with Gasteiger partial charge in [0.2, 0.25) is 5.75 Å². The lowest BCUT2D eigenvalue weighted by molar-refractivity contribution is -0.385. The van der Waals surface area contributed by atoms with E-state index in [1.807, 2.05) is 0 Å². The number of hydrogen-bond donors (Lipinski definition) is 1. The van der Waals surface area contributed by atoms with Gasteiger partial charge in [0.05, 0.1) is 11.0 Å². The van der Waals surface area contributed by atoms with Gasteiger partial charge in [-0.25, -0.2) is 4.39 Å². The summed E-state index contributed by atoms with van der Waals surface area (Å²) in [6.45, 7) is 1.62. The van der Waals surface area contributed by atoms with Gasteiger partial charge in [-0.15, -0.1) is 0 Å². The topological polar surface area (TPSA) is 72.6 Å². The molecule has 5 nitrogen and oxygen atoms in total. The molecule has 6 heteroatoms. The van der Waals surface area contributed by atoms with Crippen LogP contribution >= 0.6 is 0 Å². The maximum Gasteiger partial charge on any atom is 0.311 e. The first kappa shape index (κ1) is 14.0. The van der Waals surface area contributed by atoms with E-state index in [1.165, 1.54) is 0 Å². The molecule has 0 spiro atoms. The van der Waals surface area contributed by atoms with E-state index in [9.17, 15) is 19.6 Å². The smallest absolute Gasteiger partial charge is 0.311 e. The predicted octanol–water partition coefficient (Wildman–Crippen LogP) is 3.58. The largest absolute Gasteiger partial charge is 0.450 e. The van der Waals surface area contributed by atoms with Gasteiger partial charge in [-0.3, -0.25) is 10.1 Å². The summed E-state index contributed by atoms with van der Waals surface area (Å²) in [6, 6.07) is 9.38. The van der Waals surface area contributed by atoms with Crippen LogP contribution in [0.3, 0.4) is 0 Å². The van der Waals surface area contributed by atoms with E-state index in [4.69, 9.17) is 4.74 Å². The summed E-state index contributed by atoms with van der Waals surface area (Å²) in [5.41, 5.74) is 0.372. The number of nitro groups is 1. The number of hydrogen-bond acceptors (Lipinski definition) is 4. The average molecular weight is 277 g/mol. The van der Waals surface area contributed by atoms with E-state index >= 15 is 0 Å². The second kappa shape index (κ2) is 5.66. The number of ether oxygens (including phenoxy) is 1. The van der Waals surface area contributed by atoms with Crippen molar-refractivity contribution in [1.82, 2.24) is 0 Å². The zero-order valence-electron chi connectivity index (χ0n) is 10.6. The fraction of sp³-hybridized carbons (Fsp3) is 0.143. The van der Waals surface area contributed by atoms with Crippen LogP contribution in [-0.4, -0.2) is 10.0 Å². The summed E-state index contributed by atoms with van der Waals surface area (Å²) < 4.78 is 18.5. The van der Waals surface area contributed by atoms with Crippen LogP contribution in [0.25, 0.3) is 0 Å². The van der Waals surface area contributed by atoms with Crippen molar-refractivity contribution in [1.29, 1.82) is 0 Å². The van der Waals surface area contributed by atoms with Crippen LogP contribution < -0.4 is 4.74 Å². The molecule has 0 radical (unpaired) electrons. The molecule has 0 amide bonds. The molecule has 0 bridgehead atoms. The molecule has 0 heterocycles. The summed E-state index contributed by atoms with van der Waals surface area (Å²) in [5.74, 6) is -0.464. The summed E-state index contributed by atoms with van der Waals surface area (Å²) in [5, 5.41) is 20.2. The summed E-state index contributed by atoms with van der Waals surface area (Å²) >= 11 is 0. The van der Waals surface area contributed by atoms with Gasteiger partial charge in [0.25, 0.3) is 0 Å². The number of rotatable bonds is 4. The van der Waals surface area contributed by atoms with Crippen molar-refractivity contribution in [2.45, 2.75) is 13.0 Å². The minimum atomic E-state index is -0.640. The van der Waals surface area contributed by atoms with Crippen molar-refractivity contribution in [3.8, 4) is 11.5 Å². The third-order valence-electron chi connectivity index (χ3n) is 2.71. The van der Waals surface area contributed by atoms with E-state index < -0.39 is 16.8 Å². The standard InChI is InChI=1S/C14H12FNO4/c1-9(17)10-2-5-12(6-3-10)20-14-8-11(15)4-7-13(14)16(18)19/h2-9,17H,1H3. The van der Waals surface area contributed by atoms with Crippen LogP contribution in [0.15, 0.2) is 42.5 Å². The predicted molar refractivity (Wildman–Crippen MR) is 70.2 cm³/mol. The Morgan fingerprint density at radius 1 is 1.25 bits per heavy atom. The third-order valence-corrected chi connectivity index (χ3v) is 2.71. The molecule has 2 rings (SSSR count). The van der Waals surface area contributed by atoms with Crippen molar-refractivity contribution in [2.24, 2.45) is 0 Å². The van der Waals surface area contributed by atoms with Crippen LogP contribution in [0.4, 0.5) is 10.1 Å². The fourth-order valence-electron chi connectivity index (χ4n) is 1.66. The molecule has 1 unspecified atom stereocenters. The van der Waals surface area contributed by atoms with Gasteiger partial charge in [0, 0.05) is 12.1 Å². The maximum atomic E-state index is 13.1. The lowest BCUT2D eigenvalue weighted by Crippen LogP contribution is -1.95. The fourth-order valence-corrected chi connectivity index (χ4v) is 1.66. The van der Waals surface area contributed by atoms with Gasteiger partial charge in [-0.1, -0.05) is 12.1 Å². The second-order valence-electron chi connectivity index (χ2n) is 4.22. The first-order chi connectivity index (χ1) is 9.47. The van der Waals surface area contributed by atoms with E-state index in [1.54, 1.807) is 31.2 Å². The maximum absolute atomic E-state index is 13.1. The first-order valence-corrected chi connectivity index (χ1v) is 5.87. The normalized spacial score (nSPS) is 11.9. The Hall–Kier alpha value is -2.47. The highest BCUT2D eigenvalue weighted by Gasteiger charge is 2.16. The van der Waals surface area contributed by atoms with Gasteiger partial charge in [-0.05, 0) is 30.7 Å². The Kier molecular flexibility index (Phi) is 3.95. The van der Waals surface area contributed by atoms with Crippen LogP contribution in [0, 0.1) is 15.9 Å². The molecule has 20 heavy (non-hydrogen) atoms. The molecule has 0 saturated heterocycles. The third kappa shape index (κ3) is 3.10. The van der Waals surface area contributed by atoms with Crippen LogP contribution in [0.1, 0.15) is 18.6 Å². The molecule has 0 aliphatic rings. The zero-order valence-corrected chi connectivity index (χ0v) is 10.6. The minimum Gasteiger partial charge on any atom is -0.450 e. The molecular weight excluding hydrogens is 265 g/mol. The van der Waals surface area contributed by atoms with Crippen molar-refractivity contribution in [2.75, 3.05) is 0 Å². The molecule has 2 aromatic carbocycles. The van der Waals surface area contributed by atoms with Crippen LogP contribution in [0.5, 0.6) is 11.5 Å². The Labute approximate surface area is 114 Å². The molecule has 0 aromatic heterocycles. The Morgan fingerprint density at radius 2 is 1.90 bits per heavy atom. The molecule has 0 aliphatic carbocycles. The van der Waals surface area contributed by atoms with Gasteiger partial charge in [0.15, 0.2) is 0 Å². The van der Waals surface area contributed by atoms with E-state index in [0.29, 0.717) is 11.3 Å². The van der Waals surface area contributed by atoms with Crippen molar-refractivity contribution >= 4 is 5.69 Å². The quantitative estimate of drug-likeness (QED) is 0.684. The number of nitro benzene ring substituents is 1. The Balaban J connectivity index is 2.29. The molecule has 1 atom stereocenters. The number of nitrogens with zero attached hydrogens (tertiary/aromatic N) is 1. The molecule has 0 aliphatic heterocycles. The van der Waals surface area contributed by atoms with Gasteiger partial charge in [-0.2, -0.15) is 0 Å². The highest BCUT2D eigenvalue weighted by atomic mass is 19.1. The number of aliphatic hydroxyl groups excluding tert-OH is 1. The molecular formula is C14H12FNO4. The van der Waals surface area contributed by atoms with Crippen molar-refractivity contribution < 1.29 is 19.2 Å². The lowest BCUT2D eigenvalue weighted by Gasteiger charge is -2.08. The highest BCUT2D eigenvalue weighted by molar-refractivity contribution is 5.48. The summed E-state index contributed by atoms with van der Waals surface area (Å²) in [6.07, 6.45) is -0.618. The summed E-state index contributed by atoms with van der Waals surface area (Å²) in [7, 11) is 0.